The highest BCUT2D eigenvalue weighted by atomic mass is 32.1. The van der Waals surface area contributed by atoms with E-state index in [-0.39, 0.29) is 0 Å². The average molecular weight is 527 g/mol. The Balaban J connectivity index is 1.31. The zero-order valence-electron chi connectivity index (χ0n) is 21.5. The van der Waals surface area contributed by atoms with E-state index in [9.17, 15) is 0 Å². The molecule has 40 heavy (non-hydrogen) atoms. The lowest BCUT2D eigenvalue weighted by molar-refractivity contribution is 1.17. The van der Waals surface area contributed by atoms with E-state index in [1.54, 1.807) is 0 Å². The van der Waals surface area contributed by atoms with Crippen molar-refractivity contribution in [3.05, 3.63) is 134 Å². The second-order valence-corrected chi connectivity index (χ2v) is 11.5. The highest BCUT2D eigenvalue weighted by Crippen LogP contribution is 2.43. The molecular weight excluding hydrogens is 504 g/mol. The molecule has 0 amide bonds. The van der Waals surface area contributed by atoms with Crippen LogP contribution in [0.2, 0.25) is 0 Å². The van der Waals surface area contributed by atoms with Gasteiger partial charge in [0, 0.05) is 38.1 Å². The van der Waals surface area contributed by atoms with E-state index in [2.05, 4.69) is 131 Å². The van der Waals surface area contributed by atoms with E-state index in [1.165, 1.54) is 69.1 Å². The molecule has 0 fully saturated rings. The topological polar surface area (TPSA) is 17.8 Å². The van der Waals surface area contributed by atoms with E-state index < -0.39 is 0 Å². The summed E-state index contributed by atoms with van der Waals surface area (Å²) >= 11 is 1.88. The van der Waals surface area contributed by atoms with Crippen molar-refractivity contribution in [1.29, 1.82) is 0 Å². The molecule has 3 aromatic heterocycles. The van der Waals surface area contributed by atoms with Crippen LogP contribution in [0.25, 0.3) is 80.3 Å². The summed E-state index contributed by atoms with van der Waals surface area (Å²) in [6, 6.07) is 44.2. The quantitative estimate of drug-likeness (QED) is 0.205. The Kier molecular flexibility index (Phi) is 4.52. The third kappa shape index (κ3) is 3.01. The Morgan fingerprint density at radius 3 is 2.15 bits per heavy atom. The van der Waals surface area contributed by atoms with E-state index in [0.29, 0.717) is 0 Å². The molecule has 186 valence electrons. The van der Waals surface area contributed by atoms with Crippen LogP contribution in [0, 0.1) is 0 Å². The molecule has 0 aliphatic rings. The zero-order chi connectivity index (χ0) is 26.2. The molecule has 0 bridgehead atoms. The van der Waals surface area contributed by atoms with Crippen LogP contribution in [0.1, 0.15) is 0 Å². The molecule has 9 aromatic rings. The minimum absolute atomic E-state index is 1.13. The monoisotopic (exact) mass is 526 g/mol. The minimum Gasteiger partial charge on any atom is -0.306 e. The second-order valence-electron chi connectivity index (χ2n) is 10.4. The van der Waals surface area contributed by atoms with Gasteiger partial charge in [-0.1, -0.05) is 91.0 Å². The number of fused-ring (bicyclic) bond motifs is 10. The van der Waals surface area contributed by atoms with Gasteiger partial charge in [-0.25, -0.2) is 0 Å². The fraction of sp³-hybridized carbons (Fsp3) is 0. The SMILES string of the molecule is c1ccc2c(c1)cc(-c1ccc(-n3c4cnccc4c4ccc5c6ccccc6sc5c43)cc1)c1ccccc12. The molecule has 0 N–H and O–H groups in total. The summed E-state index contributed by atoms with van der Waals surface area (Å²) in [5, 5.41) is 10.3. The molecule has 0 spiro atoms. The van der Waals surface area contributed by atoms with Crippen LogP contribution in [0.5, 0.6) is 0 Å². The van der Waals surface area contributed by atoms with Gasteiger partial charge in [0.25, 0.3) is 0 Å². The van der Waals surface area contributed by atoms with Crippen LogP contribution >= 0.6 is 11.3 Å². The number of pyridine rings is 1. The fourth-order valence-corrected chi connectivity index (χ4v) is 7.72. The predicted octanol–water partition coefficient (Wildman–Crippen LogP) is 10.5. The largest absolute Gasteiger partial charge is 0.306 e. The van der Waals surface area contributed by atoms with E-state index in [0.717, 1.165) is 11.2 Å². The van der Waals surface area contributed by atoms with Gasteiger partial charge >= 0.3 is 0 Å². The lowest BCUT2D eigenvalue weighted by Gasteiger charge is -2.13. The molecule has 0 unspecified atom stereocenters. The summed E-state index contributed by atoms with van der Waals surface area (Å²) in [7, 11) is 0. The minimum atomic E-state index is 1.13. The van der Waals surface area contributed by atoms with Crippen molar-refractivity contribution in [1.82, 2.24) is 9.55 Å². The first-order chi connectivity index (χ1) is 19.8. The lowest BCUT2D eigenvalue weighted by atomic mass is 9.93. The number of thiophene rings is 1. The Hall–Kier alpha value is -4.99. The Labute approximate surface area is 234 Å². The summed E-state index contributed by atoms with van der Waals surface area (Å²) in [4.78, 5) is 4.53. The van der Waals surface area contributed by atoms with E-state index in [4.69, 9.17) is 0 Å². The number of rotatable bonds is 2. The third-order valence-electron chi connectivity index (χ3n) is 8.28. The average Bonchev–Trinajstić information content (AvgIpc) is 3.57. The molecule has 0 saturated heterocycles. The maximum absolute atomic E-state index is 4.53. The highest BCUT2D eigenvalue weighted by molar-refractivity contribution is 7.26. The van der Waals surface area contributed by atoms with E-state index >= 15 is 0 Å². The standard InChI is InChI=1S/C37H22N2S/c1-2-8-26-24(7-1)21-33(28-10-4-3-9-27(26)28)23-13-15-25(16-14-23)39-34-22-38-20-19-29(34)31-17-18-32-30-11-5-6-12-35(30)40-37(32)36(31)39/h1-22H. The Bertz CT molecular complexity index is 2430. The lowest BCUT2D eigenvalue weighted by Crippen LogP contribution is -1.94. The van der Waals surface area contributed by atoms with Gasteiger partial charge in [0.05, 0.1) is 21.9 Å². The fourth-order valence-electron chi connectivity index (χ4n) is 6.48. The van der Waals surface area contributed by atoms with Gasteiger partial charge < -0.3 is 4.57 Å². The van der Waals surface area contributed by atoms with Gasteiger partial charge in [-0.3, -0.25) is 4.98 Å². The summed E-state index contributed by atoms with van der Waals surface area (Å²) in [5.41, 5.74) is 6.01. The molecule has 0 atom stereocenters. The van der Waals surface area contributed by atoms with Crippen molar-refractivity contribution < 1.29 is 0 Å². The maximum atomic E-state index is 4.53. The van der Waals surface area contributed by atoms with Gasteiger partial charge in [-0.05, 0) is 63.0 Å². The number of benzene rings is 6. The van der Waals surface area contributed by atoms with Crippen LogP contribution in [0.4, 0.5) is 0 Å². The number of hydrogen-bond donors (Lipinski definition) is 0. The van der Waals surface area contributed by atoms with Crippen molar-refractivity contribution >= 4 is 74.9 Å². The van der Waals surface area contributed by atoms with Crippen LogP contribution in [-0.2, 0) is 0 Å². The van der Waals surface area contributed by atoms with Crippen molar-refractivity contribution in [2.75, 3.05) is 0 Å². The van der Waals surface area contributed by atoms with Crippen molar-refractivity contribution in [2.45, 2.75) is 0 Å². The molecule has 3 heteroatoms. The number of hydrogen-bond acceptors (Lipinski definition) is 2. The molecular formula is C37H22N2S. The number of nitrogens with zero attached hydrogens (tertiary/aromatic N) is 2. The molecule has 0 aliphatic carbocycles. The summed E-state index contributed by atoms with van der Waals surface area (Å²) in [6.45, 7) is 0. The molecule has 0 aliphatic heterocycles. The van der Waals surface area contributed by atoms with Gasteiger partial charge in [0.15, 0.2) is 0 Å². The molecule has 0 radical (unpaired) electrons. The molecule has 3 heterocycles. The molecule has 6 aromatic carbocycles. The normalized spacial score (nSPS) is 12.0. The summed E-state index contributed by atoms with van der Waals surface area (Å²) in [6.07, 6.45) is 3.90. The van der Waals surface area contributed by atoms with Gasteiger partial charge in [-0.2, -0.15) is 0 Å². The van der Waals surface area contributed by atoms with E-state index in [1.807, 2.05) is 23.7 Å². The van der Waals surface area contributed by atoms with Crippen molar-refractivity contribution in [3.63, 3.8) is 0 Å². The zero-order valence-corrected chi connectivity index (χ0v) is 22.3. The molecule has 2 nitrogen and oxygen atoms in total. The molecule has 9 rings (SSSR count). The van der Waals surface area contributed by atoms with Crippen LogP contribution in [0.3, 0.4) is 0 Å². The molecule has 0 saturated carbocycles. The van der Waals surface area contributed by atoms with Gasteiger partial charge in [0.2, 0.25) is 0 Å². The Morgan fingerprint density at radius 2 is 1.27 bits per heavy atom. The van der Waals surface area contributed by atoms with Crippen LogP contribution < -0.4 is 0 Å². The van der Waals surface area contributed by atoms with Crippen LogP contribution in [-0.4, -0.2) is 9.55 Å². The highest BCUT2D eigenvalue weighted by Gasteiger charge is 2.18. The predicted molar refractivity (Wildman–Crippen MR) is 172 cm³/mol. The Morgan fingerprint density at radius 1 is 0.550 bits per heavy atom. The second kappa shape index (κ2) is 8.25. The van der Waals surface area contributed by atoms with Gasteiger partial charge in [0.1, 0.15) is 0 Å². The van der Waals surface area contributed by atoms with Gasteiger partial charge in [-0.15, -0.1) is 11.3 Å². The first-order valence-corrected chi connectivity index (χ1v) is 14.4. The maximum Gasteiger partial charge on any atom is 0.0725 e. The van der Waals surface area contributed by atoms with Crippen molar-refractivity contribution in [3.8, 4) is 16.8 Å². The first-order valence-electron chi connectivity index (χ1n) is 13.5. The number of aromatic nitrogens is 2. The summed E-state index contributed by atoms with van der Waals surface area (Å²) < 4.78 is 5.04. The van der Waals surface area contributed by atoms with Crippen molar-refractivity contribution in [2.24, 2.45) is 0 Å². The van der Waals surface area contributed by atoms with Crippen LogP contribution in [0.15, 0.2) is 134 Å². The summed E-state index contributed by atoms with van der Waals surface area (Å²) in [5.74, 6) is 0. The third-order valence-corrected chi connectivity index (χ3v) is 9.47. The first kappa shape index (κ1) is 21.9. The smallest absolute Gasteiger partial charge is 0.0725 e.